The van der Waals surface area contributed by atoms with Gasteiger partial charge in [-0.15, -0.1) is 0 Å². The second kappa shape index (κ2) is 7.70. The molecule has 0 spiro atoms. The normalized spacial score (nSPS) is 18.8. The fraction of sp³-hybridized carbons (Fsp3) is 0.556. The lowest BCUT2D eigenvalue weighted by Crippen LogP contribution is -2.39. The molecule has 1 saturated heterocycles. The van der Waals surface area contributed by atoms with Gasteiger partial charge in [-0.25, -0.2) is 0 Å². The van der Waals surface area contributed by atoms with Crippen molar-refractivity contribution in [2.24, 2.45) is 7.05 Å². The minimum absolute atomic E-state index is 0.679. The van der Waals surface area contributed by atoms with Crippen LogP contribution in [-0.2, 0) is 20.1 Å². The van der Waals surface area contributed by atoms with Crippen molar-refractivity contribution >= 4 is 0 Å². The smallest absolute Gasteiger partial charge is 0.0534 e. The fourth-order valence-electron chi connectivity index (χ4n) is 3.56. The average Bonchev–Trinajstić information content (AvgIpc) is 3.17. The Hall–Kier alpha value is -1.72. The molecule has 5 heteroatoms. The van der Waals surface area contributed by atoms with Crippen molar-refractivity contribution in [2.75, 3.05) is 19.6 Å². The van der Waals surface area contributed by atoms with Gasteiger partial charge in [-0.1, -0.05) is 6.92 Å². The summed E-state index contributed by atoms with van der Waals surface area (Å²) in [5, 5.41) is 4.31. The summed E-state index contributed by atoms with van der Waals surface area (Å²) in [6.07, 6.45) is 10.5. The molecule has 0 amide bonds. The predicted octanol–water partition coefficient (Wildman–Crippen LogP) is 2.30. The van der Waals surface area contributed by atoms with Crippen molar-refractivity contribution in [1.82, 2.24) is 24.6 Å². The third kappa shape index (κ3) is 4.39. The Balaban J connectivity index is 1.69. The highest BCUT2D eigenvalue weighted by Crippen LogP contribution is 2.20. The third-order valence-electron chi connectivity index (χ3n) is 4.69. The van der Waals surface area contributed by atoms with Crippen LogP contribution in [-0.4, -0.2) is 50.2 Å². The number of nitrogens with zero attached hydrogens (tertiary/aromatic N) is 5. The number of aromatic nitrogens is 3. The molecule has 0 N–H and O–H groups in total. The molecule has 0 aromatic carbocycles. The summed E-state index contributed by atoms with van der Waals surface area (Å²) in [5.41, 5.74) is 2.60. The molecule has 2 aromatic heterocycles. The number of likely N-dealkylation sites (N-methyl/N-ethyl adjacent to an activating group) is 1. The van der Waals surface area contributed by atoms with Crippen molar-refractivity contribution in [3.63, 3.8) is 0 Å². The highest BCUT2D eigenvalue weighted by Gasteiger charge is 2.25. The Labute approximate surface area is 138 Å². The van der Waals surface area contributed by atoms with Crippen molar-refractivity contribution < 1.29 is 0 Å². The van der Waals surface area contributed by atoms with E-state index in [1.807, 2.05) is 30.3 Å². The first-order valence-electron chi connectivity index (χ1n) is 8.57. The van der Waals surface area contributed by atoms with E-state index >= 15 is 0 Å². The molecule has 3 rings (SSSR count). The van der Waals surface area contributed by atoms with E-state index in [1.165, 1.54) is 30.5 Å². The fourth-order valence-corrected chi connectivity index (χ4v) is 3.56. The number of likely N-dealkylation sites (tertiary alicyclic amines) is 1. The molecular formula is C18H27N5. The first-order valence-corrected chi connectivity index (χ1v) is 8.57. The van der Waals surface area contributed by atoms with Crippen LogP contribution in [0.1, 0.15) is 30.9 Å². The Morgan fingerprint density at radius 3 is 2.70 bits per heavy atom. The topological polar surface area (TPSA) is 37.2 Å². The van der Waals surface area contributed by atoms with Crippen molar-refractivity contribution in [3.05, 3.63) is 48.0 Å². The van der Waals surface area contributed by atoms with E-state index in [4.69, 9.17) is 0 Å². The number of pyridine rings is 1. The zero-order chi connectivity index (χ0) is 16.1. The molecular weight excluding hydrogens is 286 g/mol. The van der Waals surface area contributed by atoms with Gasteiger partial charge in [-0.2, -0.15) is 5.10 Å². The maximum Gasteiger partial charge on any atom is 0.0534 e. The molecule has 1 atom stereocenters. The van der Waals surface area contributed by atoms with Gasteiger partial charge in [-0.05, 0) is 43.6 Å². The van der Waals surface area contributed by atoms with E-state index in [-0.39, 0.29) is 0 Å². The van der Waals surface area contributed by atoms with Gasteiger partial charge in [-0.3, -0.25) is 19.5 Å². The molecule has 1 aliphatic heterocycles. The van der Waals surface area contributed by atoms with Crippen LogP contribution in [0.15, 0.2) is 36.9 Å². The van der Waals surface area contributed by atoms with E-state index in [0.717, 1.165) is 26.2 Å². The molecule has 0 saturated carbocycles. The van der Waals surface area contributed by atoms with Crippen molar-refractivity contribution in [2.45, 2.75) is 38.9 Å². The lowest BCUT2D eigenvalue weighted by atomic mass is 10.1. The summed E-state index contributed by atoms with van der Waals surface area (Å²) in [6.45, 7) is 7.70. The minimum atomic E-state index is 0.679. The molecule has 1 fully saturated rings. The molecule has 0 bridgehead atoms. The van der Waals surface area contributed by atoms with Crippen LogP contribution in [0, 0.1) is 0 Å². The summed E-state index contributed by atoms with van der Waals surface area (Å²) in [5.74, 6) is 0. The van der Waals surface area contributed by atoms with E-state index < -0.39 is 0 Å². The Bertz CT molecular complexity index is 594. The predicted molar refractivity (Wildman–Crippen MR) is 91.8 cm³/mol. The Morgan fingerprint density at radius 1 is 1.22 bits per heavy atom. The van der Waals surface area contributed by atoms with Gasteiger partial charge in [0, 0.05) is 56.9 Å². The van der Waals surface area contributed by atoms with Crippen LogP contribution >= 0.6 is 0 Å². The maximum absolute atomic E-state index is 4.31. The Morgan fingerprint density at radius 2 is 2.00 bits per heavy atom. The molecule has 124 valence electrons. The molecule has 5 nitrogen and oxygen atoms in total. The second-order valence-corrected chi connectivity index (χ2v) is 6.47. The average molecular weight is 313 g/mol. The first kappa shape index (κ1) is 16.1. The van der Waals surface area contributed by atoms with Crippen LogP contribution in [0.25, 0.3) is 0 Å². The molecule has 0 unspecified atom stereocenters. The third-order valence-corrected chi connectivity index (χ3v) is 4.69. The molecule has 1 aliphatic rings. The van der Waals surface area contributed by atoms with Gasteiger partial charge < -0.3 is 0 Å². The highest BCUT2D eigenvalue weighted by molar-refractivity contribution is 5.11. The second-order valence-electron chi connectivity index (χ2n) is 6.47. The first-order chi connectivity index (χ1) is 11.2. The minimum Gasteiger partial charge on any atom is -0.299 e. The lowest BCUT2D eigenvalue weighted by molar-refractivity contribution is 0.166. The highest BCUT2D eigenvalue weighted by atomic mass is 15.3. The van der Waals surface area contributed by atoms with Crippen molar-refractivity contribution in [3.8, 4) is 0 Å². The summed E-state index contributed by atoms with van der Waals surface area (Å²) in [7, 11) is 1.98. The van der Waals surface area contributed by atoms with Gasteiger partial charge in [0.25, 0.3) is 0 Å². The van der Waals surface area contributed by atoms with Crippen molar-refractivity contribution in [1.29, 1.82) is 0 Å². The van der Waals surface area contributed by atoms with E-state index in [2.05, 4.69) is 45.1 Å². The number of hydrogen-bond acceptors (Lipinski definition) is 4. The van der Waals surface area contributed by atoms with Crippen LogP contribution in [0.3, 0.4) is 0 Å². The van der Waals surface area contributed by atoms with E-state index in [9.17, 15) is 0 Å². The monoisotopic (exact) mass is 313 g/mol. The van der Waals surface area contributed by atoms with Gasteiger partial charge in [0.1, 0.15) is 0 Å². The zero-order valence-corrected chi connectivity index (χ0v) is 14.2. The summed E-state index contributed by atoms with van der Waals surface area (Å²) in [4.78, 5) is 9.29. The van der Waals surface area contributed by atoms with Crippen LogP contribution < -0.4 is 0 Å². The van der Waals surface area contributed by atoms with Gasteiger partial charge in [0.2, 0.25) is 0 Å². The van der Waals surface area contributed by atoms with E-state index in [0.29, 0.717) is 6.04 Å². The lowest BCUT2D eigenvalue weighted by Gasteiger charge is -2.30. The zero-order valence-electron chi connectivity index (χ0n) is 14.2. The van der Waals surface area contributed by atoms with Gasteiger partial charge >= 0.3 is 0 Å². The summed E-state index contributed by atoms with van der Waals surface area (Å²) in [6, 6.07) is 4.91. The molecule has 0 aliphatic carbocycles. The van der Waals surface area contributed by atoms with Crippen LogP contribution in [0.2, 0.25) is 0 Å². The van der Waals surface area contributed by atoms with Crippen LogP contribution in [0.5, 0.6) is 0 Å². The summed E-state index contributed by atoms with van der Waals surface area (Å²) < 4.78 is 1.88. The largest absolute Gasteiger partial charge is 0.299 e. The van der Waals surface area contributed by atoms with Crippen LogP contribution in [0.4, 0.5) is 0 Å². The maximum atomic E-state index is 4.31. The quantitative estimate of drug-likeness (QED) is 0.786. The van der Waals surface area contributed by atoms with Gasteiger partial charge in [0.15, 0.2) is 0 Å². The number of hydrogen-bond donors (Lipinski definition) is 0. The van der Waals surface area contributed by atoms with E-state index in [1.54, 1.807) is 0 Å². The molecule has 0 radical (unpaired) electrons. The standard InChI is InChI=1S/C18H27N5/c1-3-23-10-4-5-18(23)15-22(13-16-6-8-19-9-7-16)14-17-11-20-21(2)12-17/h6-9,11-12,18H,3-5,10,13-15H2,1-2H3/t18-/m0/s1. The Kier molecular flexibility index (Phi) is 5.41. The van der Waals surface area contributed by atoms with Gasteiger partial charge in [0.05, 0.1) is 6.20 Å². The summed E-state index contributed by atoms with van der Waals surface area (Å²) >= 11 is 0. The molecule has 2 aromatic rings. The molecule has 3 heterocycles. The number of rotatable bonds is 7. The molecule has 23 heavy (non-hydrogen) atoms. The SMILES string of the molecule is CCN1CCC[C@H]1CN(Cc1ccncc1)Cc1cnn(C)c1. The number of aryl methyl sites for hydroxylation is 1.